The van der Waals surface area contributed by atoms with E-state index in [1.165, 1.54) is 25.7 Å². The number of hydrogen-bond acceptors (Lipinski definition) is 0. The first-order chi connectivity index (χ1) is 4.41. The van der Waals surface area contributed by atoms with E-state index in [-0.39, 0.29) is 22.9 Å². The molecular formula is C8H19In. The van der Waals surface area contributed by atoms with Crippen LogP contribution >= 0.6 is 0 Å². The second kappa shape index (κ2) is 8.87. The Morgan fingerprint density at radius 3 is 1.67 bits per heavy atom. The fourth-order valence-electron chi connectivity index (χ4n) is 1.03. The molecule has 9 heavy (non-hydrogen) atoms. The van der Waals surface area contributed by atoms with Crippen molar-refractivity contribution in [1.29, 1.82) is 0 Å². The molecule has 0 bridgehead atoms. The molecule has 0 aromatic heterocycles. The standard InChI is InChI=1S/2C4H9.In.H/c2*1-3-4-2;;/h2*1,3-4H2,2H3;;. The van der Waals surface area contributed by atoms with Crippen LogP contribution in [0.2, 0.25) is 8.35 Å². The van der Waals surface area contributed by atoms with Gasteiger partial charge in [0.1, 0.15) is 0 Å². The van der Waals surface area contributed by atoms with E-state index in [1.807, 2.05) is 0 Å². The van der Waals surface area contributed by atoms with Gasteiger partial charge in [-0.05, 0) is 0 Å². The second-order valence-corrected chi connectivity index (χ2v) is 8.82. The van der Waals surface area contributed by atoms with Crippen LogP contribution < -0.4 is 0 Å². The van der Waals surface area contributed by atoms with E-state index < -0.39 is 0 Å². The zero-order chi connectivity index (χ0) is 6.95. The van der Waals surface area contributed by atoms with Crippen molar-refractivity contribution in [3.8, 4) is 0 Å². The summed E-state index contributed by atoms with van der Waals surface area (Å²) < 4.78 is 3.33. The first-order valence-corrected chi connectivity index (χ1v) is 10.1. The van der Waals surface area contributed by atoms with Crippen molar-refractivity contribution in [3.63, 3.8) is 0 Å². The van der Waals surface area contributed by atoms with Gasteiger partial charge in [0.25, 0.3) is 0 Å². The van der Waals surface area contributed by atoms with Gasteiger partial charge in [0.05, 0.1) is 0 Å². The molecule has 0 aliphatic rings. The van der Waals surface area contributed by atoms with Crippen LogP contribution in [0.25, 0.3) is 0 Å². The Labute approximate surface area is 70.8 Å². The Kier molecular flexibility index (Phi) is 9.73. The molecule has 0 saturated heterocycles. The van der Waals surface area contributed by atoms with Gasteiger partial charge < -0.3 is 0 Å². The van der Waals surface area contributed by atoms with Gasteiger partial charge >= 0.3 is 70.8 Å². The van der Waals surface area contributed by atoms with E-state index in [4.69, 9.17) is 0 Å². The Bertz CT molecular complexity index is 37.8. The molecule has 0 fully saturated rings. The summed E-state index contributed by atoms with van der Waals surface area (Å²) in [4.78, 5) is 0. The molecule has 0 saturated carbocycles. The maximum absolute atomic E-state index is 2.30. The van der Waals surface area contributed by atoms with Crippen molar-refractivity contribution in [1.82, 2.24) is 0 Å². The summed E-state index contributed by atoms with van der Waals surface area (Å²) in [5, 5.41) is 0. The van der Waals surface area contributed by atoms with Gasteiger partial charge in [0.2, 0.25) is 0 Å². The normalized spacial score (nSPS) is 9.56. The van der Waals surface area contributed by atoms with Gasteiger partial charge in [0, 0.05) is 0 Å². The van der Waals surface area contributed by atoms with E-state index in [9.17, 15) is 0 Å². The van der Waals surface area contributed by atoms with Crippen LogP contribution in [0.1, 0.15) is 39.5 Å². The van der Waals surface area contributed by atoms with Crippen molar-refractivity contribution in [2.45, 2.75) is 47.9 Å². The Balaban J connectivity index is 2.60. The zero-order valence-corrected chi connectivity index (χ0v) is 11.0. The van der Waals surface area contributed by atoms with Gasteiger partial charge in [-0.1, -0.05) is 0 Å². The van der Waals surface area contributed by atoms with E-state index in [1.54, 1.807) is 8.35 Å². The van der Waals surface area contributed by atoms with Crippen molar-refractivity contribution < 1.29 is 0 Å². The quantitative estimate of drug-likeness (QED) is 0.615. The molecule has 1 heteroatoms. The summed E-state index contributed by atoms with van der Waals surface area (Å²) in [5.74, 6) is 0. The molecule has 0 rings (SSSR count). The second-order valence-electron chi connectivity index (χ2n) is 2.77. The molecule has 0 heterocycles. The first kappa shape index (κ1) is 9.87. The number of rotatable bonds is 6. The van der Waals surface area contributed by atoms with E-state index >= 15 is 0 Å². The minimum atomic E-state index is -0.159. The molecule has 0 N–H and O–H groups in total. The van der Waals surface area contributed by atoms with Crippen LogP contribution in [-0.2, 0) is 0 Å². The summed E-state index contributed by atoms with van der Waals surface area (Å²) in [6, 6.07) is 0. The minimum absolute atomic E-state index is 0.159. The van der Waals surface area contributed by atoms with Crippen molar-refractivity contribution in [2.24, 2.45) is 0 Å². The van der Waals surface area contributed by atoms with Crippen LogP contribution in [0, 0.1) is 0 Å². The molecule has 0 aromatic rings. The van der Waals surface area contributed by atoms with Crippen LogP contribution in [0.5, 0.6) is 0 Å². The Hall–Kier alpha value is 0.870. The van der Waals surface area contributed by atoms with Gasteiger partial charge in [-0.3, -0.25) is 0 Å². The number of hydrogen-bond donors (Lipinski definition) is 0. The average molecular weight is 230 g/mol. The molecule has 54 valence electrons. The van der Waals surface area contributed by atoms with Crippen LogP contribution in [0.15, 0.2) is 0 Å². The summed E-state index contributed by atoms with van der Waals surface area (Å²) >= 11 is -0.159. The first-order valence-electron chi connectivity index (χ1n) is 4.41. The fraction of sp³-hybridized carbons (Fsp3) is 1.00. The molecule has 0 aliphatic carbocycles. The third-order valence-corrected chi connectivity index (χ3v) is 7.42. The molecule has 0 aromatic carbocycles. The van der Waals surface area contributed by atoms with Gasteiger partial charge in [-0.25, -0.2) is 0 Å². The molecule has 0 nitrogen and oxygen atoms in total. The van der Waals surface area contributed by atoms with Crippen molar-refractivity contribution in [2.75, 3.05) is 0 Å². The molecule has 0 unspecified atom stereocenters. The third kappa shape index (κ3) is 8.87. The Morgan fingerprint density at radius 2 is 1.33 bits per heavy atom. The van der Waals surface area contributed by atoms with Gasteiger partial charge in [-0.15, -0.1) is 0 Å². The molecule has 0 radical (unpaired) electrons. The van der Waals surface area contributed by atoms with Crippen molar-refractivity contribution >= 4 is 22.9 Å². The molecular weight excluding hydrogens is 211 g/mol. The van der Waals surface area contributed by atoms with E-state index in [2.05, 4.69) is 13.8 Å². The van der Waals surface area contributed by atoms with E-state index in [0.29, 0.717) is 0 Å². The maximum atomic E-state index is 2.30. The monoisotopic (exact) mass is 230 g/mol. The SMILES string of the molecule is CCC[CH2][InH][CH2]CCC. The zero-order valence-electron chi connectivity index (χ0n) is 6.95. The van der Waals surface area contributed by atoms with Crippen LogP contribution in [0.3, 0.4) is 0 Å². The molecule has 0 aliphatic heterocycles. The molecule has 0 spiro atoms. The molecule has 0 atom stereocenters. The average Bonchev–Trinajstić information content (AvgIpc) is 1.89. The third-order valence-electron chi connectivity index (χ3n) is 1.71. The van der Waals surface area contributed by atoms with Crippen LogP contribution in [0.4, 0.5) is 0 Å². The predicted octanol–water partition coefficient (Wildman–Crippen LogP) is 2.86. The summed E-state index contributed by atoms with van der Waals surface area (Å²) in [7, 11) is 0. The summed E-state index contributed by atoms with van der Waals surface area (Å²) in [5.41, 5.74) is 0. The van der Waals surface area contributed by atoms with Crippen LogP contribution in [-0.4, -0.2) is 22.9 Å². The van der Waals surface area contributed by atoms with Gasteiger partial charge in [-0.2, -0.15) is 0 Å². The fourth-order valence-corrected chi connectivity index (χ4v) is 6.91. The van der Waals surface area contributed by atoms with Crippen molar-refractivity contribution in [3.05, 3.63) is 0 Å². The van der Waals surface area contributed by atoms with E-state index in [0.717, 1.165) is 0 Å². The molecule has 0 amide bonds. The Morgan fingerprint density at radius 1 is 0.889 bits per heavy atom. The van der Waals surface area contributed by atoms with Gasteiger partial charge in [0.15, 0.2) is 0 Å². The number of unbranched alkanes of at least 4 members (excludes halogenated alkanes) is 2. The predicted molar refractivity (Wildman–Crippen MR) is 46.6 cm³/mol. The topological polar surface area (TPSA) is 0 Å². The summed E-state index contributed by atoms with van der Waals surface area (Å²) in [6.45, 7) is 4.59. The summed E-state index contributed by atoms with van der Waals surface area (Å²) in [6.07, 6.45) is 5.89.